The number of fused-ring (bicyclic) bond motifs is 3. The van der Waals surface area contributed by atoms with E-state index >= 15 is 0 Å². The van der Waals surface area contributed by atoms with Crippen LogP contribution >= 0.6 is 40.5 Å². The highest BCUT2D eigenvalue weighted by Crippen LogP contribution is 2.39. The molecule has 1 aliphatic rings. The summed E-state index contributed by atoms with van der Waals surface area (Å²) in [5.41, 5.74) is 15.1. The summed E-state index contributed by atoms with van der Waals surface area (Å²) in [5.74, 6) is 4.42. The molecule has 3 amide bonds. The Morgan fingerprint density at radius 3 is 1.08 bits per heavy atom. The van der Waals surface area contributed by atoms with Crippen molar-refractivity contribution in [1.29, 1.82) is 0 Å². The molecule has 3 aromatic carbocycles. The van der Waals surface area contributed by atoms with E-state index in [1.165, 1.54) is 24.9 Å². The number of benzene rings is 3. The van der Waals surface area contributed by atoms with Crippen molar-refractivity contribution in [3.63, 3.8) is 0 Å². The maximum absolute atomic E-state index is 12.3. The zero-order valence-electron chi connectivity index (χ0n) is 58.8. The molecule has 25 heteroatoms. The first kappa shape index (κ1) is 77.1. The Bertz CT molecular complexity index is 4350. The summed E-state index contributed by atoms with van der Waals surface area (Å²) < 4.78 is 0. The van der Waals surface area contributed by atoms with Crippen molar-refractivity contribution in [3.8, 4) is 33.8 Å². The fourth-order valence-corrected chi connectivity index (χ4v) is 11.6. The molecule has 9 heterocycles. The van der Waals surface area contributed by atoms with E-state index in [-0.39, 0.29) is 81.9 Å². The van der Waals surface area contributed by atoms with Gasteiger partial charge in [-0.2, -0.15) is 40.5 Å². The van der Waals surface area contributed by atoms with Gasteiger partial charge < -0.3 is 31.9 Å². The zero-order chi connectivity index (χ0) is 69.5. The highest BCUT2D eigenvalue weighted by atomic mass is 32.1. The number of aromatic nitrogens is 13. The SMILES string of the molecule is CNC(=O)c1ccnc2c([C@H](C)CNc3cc(-c4ccc(C(C)C)nc4)ncn3)cccc12.CNC(=O)c1ccnc2c([C@H](C)CNc3cc(-c4ccc(C5CC5)nc4)ncn3)cccc12.CNC(=O)c1ccnc2c([C@H](C)CNc3cc(-c4cnc(C(C)C)nc4)ncn3)cccc12.S.S.S. The van der Waals surface area contributed by atoms with Gasteiger partial charge in [-0.1, -0.05) is 103 Å². The Labute approximate surface area is 615 Å². The number of carbonyl (C=O) groups excluding carboxylic acids is 3. The van der Waals surface area contributed by atoms with E-state index in [0.717, 1.165) is 112 Å². The first-order valence-corrected chi connectivity index (χ1v) is 33.3. The lowest BCUT2D eigenvalue weighted by atomic mass is 9.96. The van der Waals surface area contributed by atoms with Gasteiger partial charge in [0.1, 0.15) is 42.3 Å². The second-order valence-electron chi connectivity index (χ2n) is 25.1. The third kappa shape index (κ3) is 18.7. The van der Waals surface area contributed by atoms with E-state index in [4.69, 9.17) is 0 Å². The molecule has 22 nitrogen and oxygen atoms in total. The van der Waals surface area contributed by atoms with Crippen molar-refractivity contribution in [1.82, 2.24) is 80.7 Å². The Kier molecular flexibility index (Phi) is 27.3. The highest BCUT2D eigenvalue weighted by Gasteiger charge is 2.25. The van der Waals surface area contributed by atoms with E-state index in [2.05, 4.69) is 169 Å². The quantitative estimate of drug-likeness (QED) is 0.0390. The molecule has 6 N–H and O–H groups in total. The van der Waals surface area contributed by atoms with Crippen LogP contribution < -0.4 is 31.9 Å². The molecule has 13 rings (SSSR count). The fourth-order valence-electron chi connectivity index (χ4n) is 11.6. The van der Waals surface area contributed by atoms with Gasteiger partial charge in [-0.05, 0) is 77.9 Å². The summed E-state index contributed by atoms with van der Waals surface area (Å²) >= 11 is 0. The molecule has 0 saturated heterocycles. The molecule has 1 aliphatic carbocycles. The number of amides is 3. The van der Waals surface area contributed by atoms with Gasteiger partial charge >= 0.3 is 0 Å². The van der Waals surface area contributed by atoms with Crippen LogP contribution in [0.25, 0.3) is 66.5 Å². The summed E-state index contributed by atoms with van der Waals surface area (Å²) in [5, 5.41) is 20.9. The number of anilines is 3. The molecule has 12 aromatic rings. The van der Waals surface area contributed by atoms with Gasteiger partial charge in [0, 0.05) is 176 Å². The number of pyridine rings is 5. The second-order valence-corrected chi connectivity index (χ2v) is 25.1. The lowest BCUT2D eigenvalue weighted by Crippen LogP contribution is -2.18. The predicted molar refractivity (Wildman–Crippen MR) is 421 cm³/mol. The van der Waals surface area contributed by atoms with Crippen LogP contribution in [0.15, 0.2) is 178 Å². The summed E-state index contributed by atoms with van der Waals surface area (Å²) in [6.45, 7) is 16.7. The largest absolute Gasteiger partial charge is 0.369 e. The molecule has 3 atom stereocenters. The number of nitrogens with one attached hydrogen (secondary N) is 6. The van der Waals surface area contributed by atoms with Crippen LogP contribution in [-0.2, 0) is 0 Å². The summed E-state index contributed by atoms with van der Waals surface area (Å²) in [4.78, 5) is 94.7. The highest BCUT2D eigenvalue weighted by molar-refractivity contribution is 7.59. The Morgan fingerprint density at radius 1 is 0.392 bits per heavy atom. The van der Waals surface area contributed by atoms with E-state index in [9.17, 15) is 14.4 Å². The lowest BCUT2D eigenvalue weighted by molar-refractivity contribution is 0.0956. The van der Waals surface area contributed by atoms with Gasteiger partial charge in [-0.25, -0.2) is 39.9 Å². The summed E-state index contributed by atoms with van der Waals surface area (Å²) in [6.07, 6.45) is 19.6. The Balaban J connectivity index is 0.000000191. The molecule has 102 heavy (non-hydrogen) atoms. The fraction of sp³-hybridized carbons (Fsp3) is 0.273. The minimum atomic E-state index is -0.121. The van der Waals surface area contributed by atoms with E-state index in [1.807, 2.05) is 85.2 Å². The molecular weight excluding hydrogens is 1340 g/mol. The van der Waals surface area contributed by atoms with Gasteiger partial charge in [0.2, 0.25) is 0 Å². The first-order chi connectivity index (χ1) is 48.1. The Hall–Kier alpha value is -10.6. The average Bonchev–Trinajstić information content (AvgIpc) is 1.63. The van der Waals surface area contributed by atoms with Crippen LogP contribution in [0.1, 0.15) is 162 Å². The average molecular weight is 1420 g/mol. The molecule has 526 valence electrons. The van der Waals surface area contributed by atoms with Gasteiger partial charge in [0.25, 0.3) is 17.7 Å². The van der Waals surface area contributed by atoms with Crippen LogP contribution in [-0.4, -0.2) is 123 Å². The minimum absolute atomic E-state index is 0. The smallest absolute Gasteiger partial charge is 0.251 e. The monoisotopic (exact) mass is 1420 g/mol. The van der Waals surface area contributed by atoms with E-state index < -0.39 is 0 Å². The zero-order valence-corrected chi connectivity index (χ0v) is 61.8. The lowest BCUT2D eigenvalue weighted by Gasteiger charge is -2.16. The summed E-state index contributed by atoms with van der Waals surface area (Å²) in [6, 6.07) is 37.2. The van der Waals surface area contributed by atoms with Crippen LogP contribution in [0.2, 0.25) is 0 Å². The van der Waals surface area contributed by atoms with Crippen molar-refractivity contribution in [3.05, 3.63) is 228 Å². The van der Waals surface area contributed by atoms with Crippen molar-refractivity contribution < 1.29 is 14.4 Å². The van der Waals surface area contributed by atoms with Crippen LogP contribution in [0.4, 0.5) is 17.5 Å². The number of para-hydroxylation sites is 3. The van der Waals surface area contributed by atoms with Gasteiger partial charge in [0.05, 0.1) is 50.3 Å². The third-order valence-corrected chi connectivity index (χ3v) is 17.4. The first-order valence-electron chi connectivity index (χ1n) is 33.3. The number of nitrogens with zero attached hydrogens (tertiary/aromatic N) is 13. The van der Waals surface area contributed by atoms with Crippen molar-refractivity contribution in [2.75, 3.05) is 56.7 Å². The molecular formula is C77H87N19O3S3. The maximum Gasteiger partial charge on any atom is 0.251 e. The second kappa shape index (κ2) is 36.1. The van der Waals surface area contributed by atoms with Crippen molar-refractivity contribution >= 4 is 108 Å². The number of hydrogen-bond acceptors (Lipinski definition) is 19. The maximum atomic E-state index is 12.3. The van der Waals surface area contributed by atoms with Crippen molar-refractivity contribution in [2.45, 2.75) is 96.8 Å². The normalized spacial score (nSPS) is 12.4. The molecule has 1 fully saturated rings. The van der Waals surface area contributed by atoms with Gasteiger partial charge in [-0.15, -0.1) is 0 Å². The van der Waals surface area contributed by atoms with E-state index in [1.54, 1.807) is 83.0 Å². The molecule has 1 saturated carbocycles. The molecule has 9 aromatic heterocycles. The number of hydrogen-bond donors (Lipinski definition) is 6. The molecule has 0 unspecified atom stereocenters. The predicted octanol–water partition coefficient (Wildman–Crippen LogP) is 13.8. The molecule has 0 spiro atoms. The van der Waals surface area contributed by atoms with Crippen molar-refractivity contribution in [2.24, 2.45) is 0 Å². The topological polar surface area (TPSA) is 291 Å². The molecule has 0 aliphatic heterocycles. The van der Waals surface area contributed by atoms with Crippen LogP contribution in [0.5, 0.6) is 0 Å². The van der Waals surface area contributed by atoms with Gasteiger partial charge in [0.15, 0.2) is 0 Å². The third-order valence-electron chi connectivity index (χ3n) is 17.4. The Morgan fingerprint density at radius 2 is 0.755 bits per heavy atom. The number of rotatable bonds is 21. The van der Waals surface area contributed by atoms with Crippen LogP contribution in [0, 0.1) is 0 Å². The minimum Gasteiger partial charge on any atom is -0.369 e. The molecule has 0 bridgehead atoms. The van der Waals surface area contributed by atoms with E-state index in [0.29, 0.717) is 48.2 Å². The number of carbonyl (C=O) groups is 3. The van der Waals surface area contributed by atoms with Crippen LogP contribution in [0.3, 0.4) is 0 Å². The standard InChI is InChI=1S/C26H26N6O.C26H28N6O.C25H27N7O.3H2S/c1-16(19-4-3-5-20-21(26(33)27-2)10-11-28-25(19)20)13-30-24-12-23(31-15-32-24)18-8-9-22(29-14-18)17-6-7-17;1-16(2)22-9-8-18(14-29-22)23-12-24(32-15-31-23)30-13-17(3)19-6-5-7-20-21(26(33)27-4)10-11-28-25(19)20;1-15(2)24-29-12-17(13-30-24)21-10-22(32-14-31-21)28-11-16(3)18-6-5-7-19-20(25(33)26-4)8-9-27-23(18)19;;;/h3-5,8-12,14-17H,6-7,13H2,1-2H3,(H,27,33)(H,30,31,32);5-12,14-17H,13H2,1-4H3,(H,27,33)(H,30,31,32);5-10,12-16H,11H2,1-4H3,(H,26,33)(H,28,31,32);3*1H2/t16-;17-;16-;;;/m111.../s1. The molecule has 0 radical (unpaired) electrons. The summed E-state index contributed by atoms with van der Waals surface area (Å²) in [7, 11) is 4.90. The van der Waals surface area contributed by atoms with Gasteiger partial charge in [-0.3, -0.25) is 39.3 Å².